The number of rotatable bonds is 2. The zero-order valence-electron chi connectivity index (χ0n) is 14.0. The van der Waals surface area contributed by atoms with E-state index < -0.39 is 0 Å². The first kappa shape index (κ1) is 17.3. The maximum absolute atomic E-state index is 12.6. The lowest BCUT2D eigenvalue weighted by atomic mass is 9.95. The Kier molecular flexibility index (Phi) is 6.02. The Hall–Kier alpha value is -2.04. The standard InChI is InChI=1S/C18H24O5/c1-12-7-5-4-6-8-15(19)18-13(10-17(20)23-12)9-14(21-2)11-16(18)22-3/h9,11-12H,4-8,10H2,1-3H3. The van der Waals surface area contributed by atoms with Crippen molar-refractivity contribution in [2.75, 3.05) is 14.2 Å². The van der Waals surface area contributed by atoms with E-state index in [1.54, 1.807) is 19.2 Å². The molecule has 23 heavy (non-hydrogen) atoms. The Morgan fingerprint density at radius 3 is 2.57 bits per heavy atom. The number of ketones is 1. The third kappa shape index (κ3) is 4.47. The number of fused-ring (bicyclic) bond motifs is 1. The SMILES string of the molecule is COc1cc2c(c(OC)c1)C(=O)CCCCCC(C)OC(=O)C2. The Labute approximate surface area is 136 Å². The van der Waals surface area contributed by atoms with Gasteiger partial charge in [-0.1, -0.05) is 6.42 Å². The third-order valence-corrected chi connectivity index (χ3v) is 4.07. The molecule has 5 heteroatoms. The zero-order valence-corrected chi connectivity index (χ0v) is 14.0. The molecule has 1 heterocycles. The van der Waals surface area contributed by atoms with Gasteiger partial charge in [-0.2, -0.15) is 0 Å². The fourth-order valence-corrected chi connectivity index (χ4v) is 2.88. The molecule has 1 unspecified atom stereocenters. The molecule has 1 aliphatic heterocycles. The van der Waals surface area contributed by atoms with Gasteiger partial charge in [0.1, 0.15) is 11.5 Å². The van der Waals surface area contributed by atoms with Gasteiger partial charge in [0, 0.05) is 12.5 Å². The molecule has 0 aromatic heterocycles. The highest BCUT2D eigenvalue weighted by molar-refractivity contribution is 6.01. The lowest BCUT2D eigenvalue weighted by molar-refractivity contribution is -0.147. The van der Waals surface area contributed by atoms with Gasteiger partial charge in [0.25, 0.3) is 0 Å². The molecule has 0 fully saturated rings. The number of cyclic esters (lactones) is 1. The molecule has 0 amide bonds. The van der Waals surface area contributed by atoms with Crippen LogP contribution in [0.5, 0.6) is 11.5 Å². The van der Waals surface area contributed by atoms with Crippen molar-refractivity contribution >= 4 is 11.8 Å². The smallest absolute Gasteiger partial charge is 0.310 e. The summed E-state index contributed by atoms with van der Waals surface area (Å²) in [6.45, 7) is 1.90. The van der Waals surface area contributed by atoms with E-state index in [-0.39, 0.29) is 24.3 Å². The van der Waals surface area contributed by atoms with E-state index in [4.69, 9.17) is 14.2 Å². The second-order valence-corrected chi connectivity index (χ2v) is 5.86. The summed E-state index contributed by atoms with van der Waals surface area (Å²) in [5.74, 6) is 0.673. The third-order valence-electron chi connectivity index (χ3n) is 4.07. The van der Waals surface area contributed by atoms with Gasteiger partial charge >= 0.3 is 5.97 Å². The van der Waals surface area contributed by atoms with Gasteiger partial charge in [0.2, 0.25) is 0 Å². The second-order valence-electron chi connectivity index (χ2n) is 5.86. The van der Waals surface area contributed by atoms with Crippen LogP contribution in [0.3, 0.4) is 0 Å². The number of benzene rings is 1. The topological polar surface area (TPSA) is 61.8 Å². The van der Waals surface area contributed by atoms with E-state index in [1.165, 1.54) is 7.11 Å². The summed E-state index contributed by atoms with van der Waals surface area (Å²) in [4.78, 5) is 24.8. The molecule has 0 bridgehead atoms. The maximum atomic E-state index is 12.6. The van der Waals surface area contributed by atoms with Crippen LogP contribution in [0.25, 0.3) is 0 Å². The van der Waals surface area contributed by atoms with E-state index in [0.29, 0.717) is 29.0 Å². The highest BCUT2D eigenvalue weighted by Gasteiger charge is 2.22. The number of esters is 1. The van der Waals surface area contributed by atoms with Crippen molar-refractivity contribution in [2.24, 2.45) is 0 Å². The van der Waals surface area contributed by atoms with E-state index in [9.17, 15) is 9.59 Å². The van der Waals surface area contributed by atoms with Crippen LogP contribution in [0.4, 0.5) is 0 Å². The molecule has 2 rings (SSSR count). The minimum Gasteiger partial charge on any atom is -0.497 e. The monoisotopic (exact) mass is 320 g/mol. The Morgan fingerprint density at radius 1 is 1.09 bits per heavy atom. The molecule has 0 N–H and O–H groups in total. The predicted octanol–water partition coefficient (Wildman–Crippen LogP) is 3.32. The average molecular weight is 320 g/mol. The van der Waals surface area contributed by atoms with Gasteiger partial charge in [-0.15, -0.1) is 0 Å². The number of ether oxygens (including phenoxy) is 3. The largest absolute Gasteiger partial charge is 0.497 e. The number of carbonyl (C=O) groups is 2. The Balaban J connectivity index is 2.43. The summed E-state index contributed by atoms with van der Waals surface area (Å²) >= 11 is 0. The van der Waals surface area contributed by atoms with Crippen molar-refractivity contribution in [3.63, 3.8) is 0 Å². The van der Waals surface area contributed by atoms with Crippen LogP contribution in [0.15, 0.2) is 12.1 Å². The van der Waals surface area contributed by atoms with Crippen molar-refractivity contribution in [1.82, 2.24) is 0 Å². The average Bonchev–Trinajstić information content (AvgIpc) is 2.52. The highest BCUT2D eigenvalue weighted by atomic mass is 16.5. The summed E-state index contributed by atoms with van der Waals surface area (Å²) < 4.78 is 16.0. The van der Waals surface area contributed by atoms with Gasteiger partial charge in [-0.3, -0.25) is 9.59 Å². The van der Waals surface area contributed by atoms with Crippen LogP contribution in [0, 0.1) is 0 Å². The maximum Gasteiger partial charge on any atom is 0.310 e. The number of methoxy groups -OCH3 is 2. The number of Topliss-reactive ketones (excluding diaryl/α,β-unsaturated/α-hetero) is 1. The van der Waals surface area contributed by atoms with Crippen molar-refractivity contribution in [3.05, 3.63) is 23.3 Å². The van der Waals surface area contributed by atoms with E-state index in [2.05, 4.69) is 0 Å². The molecule has 0 spiro atoms. The molecule has 0 saturated heterocycles. The molecule has 0 saturated carbocycles. The number of carbonyl (C=O) groups excluding carboxylic acids is 2. The van der Waals surface area contributed by atoms with E-state index in [0.717, 1.165) is 25.7 Å². The van der Waals surface area contributed by atoms with Crippen molar-refractivity contribution in [1.29, 1.82) is 0 Å². The van der Waals surface area contributed by atoms with Gasteiger partial charge in [-0.05, 0) is 37.8 Å². The molecule has 1 atom stereocenters. The first-order chi connectivity index (χ1) is 11.0. The molecule has 126 valence electrons. The minimum atomic E-state index is -0.331. The Morgan fingerprint density at radius 2 is 1.87 bits per heavy atom. The molecule has 0 radical (unpaired) electrons. The summed E-state index contributed by atoms with van der Waals surface area (Å²) in [7, 11) is 3.05. The normalized spacial score (nSPS) is 19.9. The first-order valence-corrected chi connectivity index (χ1v) is 8.02. The summed E-state index contributed by atoms with van der Waals surface area (Å²) in [5, 5.41) is 0. The number of hydrogen-bond donors (Lipinski definition) is 0. The second kappa shape index (κ2) is 7.99. The molecule has 1 aromatic carbocycles. The fourth-order valence-electron chi connectivity index (χ4n) is 2.88. The Bertz CT molecular complexity index is 579. The molecule has 1 aliphatic rings. The summed E-state index contributed by atoms with van der Waals surface area (Å²) in [5.41, 5.74) is 1.07. The minimum absolute atomic E-state index is 0.000856. The molecule has 5 nitrogen and oxygen atoms in total. The van der Waals surface area contributed by atoms with Crippen LogP contribution < -0.4 is 9.47 Å². The van der Waals surface area contributed by atoms with Gasteiger partial charge < -0.3 is 14.2 Å². The van der Waals surface area contributed by atoms with Crippen LogP contribution in [-0.2, 0) is 16.0 Å². The van der Waals surface area contributed by atoms with E-state index >= 15 is 0 Å². The highest BCUT2D eigenvalue weighted by Crippen LogP contribution is 2.31. The van der Waals surface area contributed by atoms with Gasteiger partial charge in [0.15, 0.2) is 5.78 Å². The molecular formula is C18H24O5. The van der Waals surface area contributed by atoms with Crippen LogP contribution in [-0.4, -0.2) is 32.1 Å². The van der Waals surface area contributed by atoms with Crippen LogP contribution in [0.1, 0.15) is 54.9 Å². The summed E-state index contributed by atoms with van der Waals surface area (Å²) in [6, 6.07) is 3.39. The van der Waals surface area contributed by atoms with Gasteiger partial charge in [0.05, 0.1) is 32.3 Å². The first-order valence-electron chi connectivity index (χ1n) is 8.02. The number of hydrogen-bond acceptors (Lipinski definition) is 5. The molecular weight excluding hydrogens is 296 g/mol. The summed E-state index contributed by atoms with van der Waals surface area (Å²) in [6.07, 6.45) is 3.95. The van der Waals surface area contributed by atoms with Crippen molar-refractivity contribution in [3.8, 4) is 11.5 Å². The van der Waals surface area contributed by atoms with E-state index in [1.807, 2.05) is 6.92 Å². The molecule has 0 aliphatic carbocycles. The van der Waals surface area contributed by atoms with Crippen LogP contribution in [0.2, 0.25) is 0 Å². The lowest BCUT2D eigenvalue weighted by Gasteiger charge is -2.18. The van der Waals surface area contributed by atoms with Crippen LogP contribution >= 0.6 is 0 Å². The quantitative estimate of drug-likeness (QED) is 0.782. The lowest BCUT2D eigenvalue weighted by Crippen LogP contribution is -2.19. The molecule has 1 aromatic rings. The van der Waals surface area contributed by atoms with Crippen molar-refractivity contribution < 1.29 is 23.8 Å². The fraction of sp³-hybridized carbons (Fsp3) is 0.556. The predicted molar refractivity (Wildman–Crippen MR) is 86.2 cm³/mol. The zero-order chi connectivity index (χ0) is 16.8. The van der Waals surface area contributed by atoms with Crippen molar-refractivity contribution in [2.45, 2.75) is 51.6 Å². The van der Waals surface area contributed by atoms with Gasteiger partial charge in [-0.25, -0.2) is 0 Å².